The monoisotopic (exact) mass is 393 g/mol. The number of piperidine rings is 1. The van der Waals surface area contributed by atoms with Crippen molar-refractivity contribution >= 4 is 10.0 Å². The van der Waals surface area contributed by atoms with Crippen molar-refractivity contribution < 1.29 is 22.4 Å². The Labute approximate surface area is 158 Å². The van der Waals surface area contributed by atoms with Gasteiger partial charge in [-0.3, -0.25) is 0 Å². The molecule has 0 radical (unpaired) electrons. The lowest BCUT2D eigenvalue weighted by Gasteiger charge is -2.30. The number of methoxy groups -OCH3 is 1. The lowest BCUT2D eigenvalue weighted by molar-refractivity contribution is -0.00119. The summed E-state index contributed by atoms with van der Waals surface area (Å²) in [5, 5.41) is 3.97. The number of rotatable bonds is 7. The van der Waals surface area contributed by atoms with E-state index in [2.05, 4.69) is 10.1 Å². The fraction of sp³-hybridized carbons (Fsp3) is 0.556. The molecule has 27 heavy (non-hydrogen) atoms. The van der Waals surface area contributed by atoms with E-state index in [1.807, 2.05) is 0 Å². The zero-order valence-electron chi connectivity index (χ0n) is 15.2. The van der Waals surface area contributed by atoms with Crippen LogP contribution >= 0.6 is 0 Å². The van der Waals surface area contributed by atoms with Crippen LogP contribution in [0.4, 0.5) is 0 Å². The van der Waals surface area contributed by atoms with Gasteiger partial charge in [-0.05, 0) is 37.8 Å². The summed E-state index contributed by atoms with van der Waals surface area (Å²) >= 11 is 0. The van der Waals surface area contributed by atoms with Crippen LogP contribution in [-0.2, 0) is 21.4 Å². The van der Waals surface area contributed by atoms with E-state index in [9.17, 15) is 8.42 Å². The van der Waals surface area contributed by atoms with Gasteiger partial charge in [0.15, 0.2) is 5.82 Å². The van der Waals surface area contributed by atoms with E-state index in [0.717, 1.165) is 18.7 Å². The molecule has 1 aromatic carbocycles. The topological polar surface area (TPSA) is 94.8 Å². The fourth-order valence-corrected chi connectivity index (χ4v) is 4.68. The van der Waals surface area contributed by atoms with Crippen LogP contribution in [0.1, 0.15) is 43.3 Å². The molecule has 2 aliphatic rings. The highest BCUT2D eigenvalue weighted by atomic mass is 32.2. The zero-order valence-corrected chi connectivity index (χ0v) is 16.0. The molecule has 0 unspecified atom stereocenters. The molecule has 0 N–H and O–H groups in total. The van der Waals surface area contributed by atoms with E-state index in [0.29, 0.717) is 43.5 Å². The number of sulfonamides is 1. The smallest absolute Gasteiger partial charge is 0.252 e. The Morgan fingerprint density at radius 1 is 1.22 bits per heavy atom. The predicted octanol–water partition coefficient (Wildman–Crippen LogP) is 2.33. The number of hydrogen-bond donors (Lipinski definition) is 0. The number of hydrogen-bond acceptors (Lipinski definition) is 7. The Hall–Kier alpha value is -1.97. The Morgan fingerprint density at radius 3 is 2.70 bits per heavy atom. The minimum absolute atomic E-state index is 0.0157. The van der Waals surface area contributed by atoms with Crippen molar-refractivity contribution in [2.45, 2.75) is 49.2 Å². The lowest BCUT2D eigenvalue weighted by Crippen LogP contribution is -2.40. The standard InChI is InChI=1S/C18H23N3O5S/c1-24-15-3-2-4-16(11-15)27(22,23)21-9-7-14(8-10-21)25-12-17-19-18(20-26-17)13-5-6-13/h2-4,11,13-14H,5-10,12H2,1H3. The van der Waals surface area contributed by atoms with Gasteiger partial charge in [-0.1, -0.05) is 11.2 Å². The van der Waals surface area contributed by atoms with Crippen LogP contribution in [0.2, 0.25) is 0 Å². The molecule has 2 heterocycles. The third-order valence-corrected chi connectivity index (χ3v) is 6.84. The van der Waals surface area contributed by atoms with Crippen molar-refractivity contribution in [2.75, 3.05) is 20.2 Å². The normalized spacial score (nSPS) is 19.3. The second-order valence-corrected chi connectivity index (χ2v) is 8.85. The van der Waals surface area contributed by atoms with Crippen LogP contribution in [0, 0.1) is 0 Å². The molecule has 1 saturated carbocycles. The first-order chi connectivity index (χ1) is 13.1. The molecule has 0 amide bonds. The molecule has 2 fully saturated rings. The number of aromatic nitrogens is 2. The molecular formula is C18H23N3O5S. The predicted molar refractivity (Wildman–Crippen MR) is 95.8 cm³/mol. The van der Waals surface area contributed by atoms with E-state index in [1.54, 1.807) is 24.3 Å². The van der Waals surface area contributed by atoms with Crippen LogP contribution in [0.5, 0.6) is 5.75 Å². The molecule has 0 bridgehead atoms. The first-order valence-corrected chi connectivity index (χ1v) is 10.6. The van der Waals surface area contributed by atoms with Gasteiger partial charge in [0.1, 0.15) is 12.4 Å². The average molecular weight is 393 g/mol. The van der Waals surface area contributed by atoms with Gasteiger partial charge in [0.05, 0.1) is 18.1 Å². The maximum atomic E-state index is 12.8. The average Bonchev–Trinajstić information content (AvgIpc) is 3.45. The molecule has 0 spiro atoms. The summed E-state index contributed by atoms with van der Waals surface area (Å²) < 4.78 is 43.3. The summed E-state index contributed by atoms with van der Waals surface area (Å²) in [6, 6.07) is 6.55. The van der Waals surface area contributed by atoms with Gasteiger partial charge in [0.25, 0.3) is 5.89 Å². The molecule has 9 heteroatoms. The quantitative estimate of drug-likeness (QED) is 0.712. The van der Waals surface area contributed by atoms with E-state index in [-0.39, 0.29) is 17.6 Å². The lowest BCUT2D eigenvalue weighted by atomic mass is 10.1. The molecule has 1 aromatic heterocycles. The summed E-state index contributed by atoms with van der Waals surface area (Å²) in [6.07, 6.45) is 3.50. The molecule has 4 rings (SSSR count). The SMILES string of the molecule is COc1cccc(S(=O)(=O)N2CCC(OCc3nc(C4CC4)no3)CC2)c1. The highest BCUT2D eigenvalue weighted by Crippen LogP contribution is 2.38. The van der Waals surface area contributed by atoms with Crippen LogP contribution < -0.4 is 4.74 Å². The first-order valence-electron chi connectivity index (χ1n) is 9.14. The van der Waals surface area contributed by atoms with Crippen LogP contribution in [0.15, 0.2) is 33.7 Å². The Bertz CT molecular complexity index is 886. The minimum Gasteiger partial charge on any atom is -0.497 e. The number of nitrogens with zero attached hydrogens (tertiary/aromatic N) is 3. The summed E-state index contributed by atoms with van der Waals surface area (Å²) in [7, 11) is -2.01. The Balaban J connectivity index is 1.31. The van der Waals surface area contributed by atoms with Crippen molar-refractivity contribution in [1.29, 1.82) is 0 Å². The van der Waals surface area contributed by atoms with Crippen molar-refractivity contribution in [3.8, 4) is 5.75 Å². The molecule has 2 aromatic rings. The third-order valence-electron chi connectivity index (χ3n) is 4.95. The van der Waals surface area contributed by atoms with E-state index < -0.39 is 10.0 Å². The van der Waals surface area contributed by atoms with Gasteiger partial charge in [-0.15, -0.1) is 0 Å². The Kier molecular flexibility index (Phi) is 5.16. The molecular weight excluding hydrogens is 370 g/mol. The van der Waals surface area contributed by atoms with Crippen LogP contribution in [0.25, 0.3) is 0 Å². The molecule has 1 aliphatic heterocycles. The van der Waals surface area contributed by atoms with Crippen molar-refractivity contribution in [1.82, 2.24) is 14.4 Å². The fourth-order valence-electron chi connectivity index (χ4n) is 3.17. The maximum absolute atomic E-state index is 12.8. The second-order valence-electron chi connectivity index (χ2n) is 6.91. The zero-order chi connectivity index (χ0) is 18.9. The summed E-state index contributed by atoms with van der Waals surface area (Å²) in [5.41, 5.74) is 0. The third kappa shape index (κ3) is 4.15. The molecule has 8 nitrogen and oxygen atoms in total. The summed E-state index contributed by atoms with van der Waals surface area (Å²) in [5.74, 6) is 2.24. The van der Waals surface area contributed by atoms with Crippen molar-refractivity contribution in [2.24, 2.45) is 0 Å². The molecule has 1 saturated heterocycles. The molecule has 146 valence electrons. The Morgan fingerprint density at radius 2 is 2.00 bits per heavy atom. The van der Waals surface area contributed by atoms with Crippen LogP contribution in [0.3, 0.4) is 0 Å². The molecule has 0 atom stereocenters. The summed E-state index contributed by atoms with van der Waals surface area (Å²) in [6.45, 7) is 1.11. The van der Waals surface area contributed by atoms with Gasteiger partial charge in [-0.25, -0.2) is 8.42 Å². The second kappa shape index (κ2) is 7.57. The highest BCUT2D eigenvalue weighted by molar-refractivity contribution is 7.89. The van der Waals surface area contributed by atoms with Gasteiger partial charge in [-0.2, -0.15) is 9.29 Å². The molecule has 1 aliphatic carbocycles. The van der Waals surface area contributed by atoms with E-state index >= 15 is 0 Å². The van der Waals surface area contributed by atoms with Gasteiger partial charge in [0.2, 0.25) is 10.0 Å². The van der Waals surface area contributed by atoms with Gasteiger partial charge < -0.3 is 14.0 Å². The number of ether oxygens (including phenoxy) is 2. The minimum atomic E-state index is -3.53. The van der Waals surface area contributed by atoms with Gasteiger partial charge >= 0.3 is 0 Å². The van der Waals surface area contributed by atoms with Crippen molar-refractivity contribution in [3.63, 3.8) is 0 Å². The number of benzene rings is 1. The van der Waals surface area contributed by atoms with Gasteiger partial charge in [0, 0.05) is 25.1 Å². The summed E-state index contributed by atoms with van der Waals surface area (Å²) in [4.78, 5) is 4.60. The van der Waals surface area contributed by atoms with Crippen LogP contribution in [-0.4, -0.2) is 49.2 Å². The van der Waals surface area contributed by atoms with E-state index in [1.165, 1.54) is 11.4 Å². The largest absolute Gasteiger partial charge is 0.497 e. The highest BCUT2D eigenvalue weighted by Gasteiger charge is 2.31. The van der Waals surface area contributed by atoms with E-state index in [4.69, 9.17) is 14.0 Å². The first kappa shape index (κ1) is 18.4. The van der Waals surface area contributed by atoms with Crippen molar-refractivity contribution in [3.05, 3.63) is 36.0 Å². The maximum Gasteiger partial charge on any atom is 0.252 e.